The molecule has 0 fully saturated rings. The lowest BCUT2D eigenvalue weighted by Gasteiger charge is -2.16. The number of aromatic nitrogens is 5. The Morgan fingerprint density at radius 3 is 2.65 bits per heavy atom. The number of fused-ring (bicyclic) bond motifs is 1. The van der Waals surface area contributed by atoms with Gasteiger partial charge in [0.25, 0.3) is 5.56 Å². The summed E-state index contributed by atoms with van der Waals surface area (Å²) in [4.78, 5) is 22.2. The van der Waals surface area contributed by atoms with Gasteiger partial charge in [0.2, 0.25) is 0 Å². The molecule has 0 amide bonds. The second kappa shape index (κ2) is 5.49. The summed E-state index contributed by atoms with van der Waals surface area (Å²) >= 11 is 0. The average molecular weight is 323 g/mol. The highest BCUT2D eigenvalue weighted by atomic mass is 19.4. The minimum atomic E-state index is -4.43. The summed E-state index contributed by atoms with van der Waals surface area (Å²) < 4.78 is 39.4. The number of pyridine rings is 1. The van der Waals surface area contributed by atoms with Gasteiger partial charge in [-0.3, -0.25) is 9.78 Å². The average Bonchev–Trinajstić information content (AvgIpc) is 2.93. The van der Waals surface area contributed by atoms with Gasteiger partial charge in [-0.25, -0.2) is 9.67 Å². The summed E-state index contributed by atoms with van der Waals surface area (Å²) in [5.74, 6) is 0. The quantitative estimate of drug-likeness (QED) is 0.803. The number of hydrogen-bond acceptors (Lipinski definition) is 4. The monoisotopic (exact) mass is 323 g/mol. The van der Waals surface area contributed by atoms with Crippen molar-refractivity contribution in [3.63, 3.8) is 0 Å². The van der Waals surface area contributed by atoms with Crippen LogP contribution in [0.3, 0.4) is 0 Å². The summed E-state index contributed by atoms with van der Waals surface area (Å²) in [6, 6.07) is 1.89. The first kappa shape index (κ1) is 15.2. The van der Waals surface area contributed by atoms with Gasteiger partial charge >= 0.3 is 6.18 Å². The molecule has 0 aromatic carbocycles. The van der Waals surface area contributed by atoms with Crippen molar-refractivity contribution in [2.24, 2.45) is 0 Å². The van der Waals surface area contributed by atoms with Gasteiger partial charge in [-0.1, -0.05) is 6.92 Å². The molecule has 1 atom stereocenters. The van der Waals surface area contributed by atoms with Gasteiger partial charge in [0, 0.05) is 6.20 Å². The Bertz CT molecular complexity index is 882. The van der Waals surface area contributed by atoms with Crippen molar-refractivity contribution in [1.82, 2.24) is 24.7 Å². The van der Waals surface area contributed by atoms with Crippen molar-refractivity contribution >= 4 is 11.0 Å². The van der Waals surface area contributed by atoms with Crippen molar-refractivity contribution in [3.05, 3.63) is 52.5 Å². The number of nitrogens with one attached hydrogen (secondary N) is 1. The van der Waals surface area contributed by atoms with Gasteiger partial charge < -0.3 is 4.98 Å². The molecule has 3 heterocycles. The fourth-order valence-electron chi connectivity index (χ4n) is 2.38. The van der Waals surface area contributed by atoms with E-state index in [1.165, 1.54) is 23.3 Å². The van der Waals surface area contributed by atoms with Crippen molar-refractivity contribution in [2.45, 2.75) is 25.6 Å². The van der Waals surface area contributed by atoms with E-state index in [9.17, 15) is 18.0 Å². The predicted octanol–water partition coefficient (Wildman–Crippen LogP) is 2.53. The van der Waals surface area contributed by atoms with Crippen LogP contribution >= 0.6 is 0 Å². The standard InChI is InChI=1S/C14H12F3N5O/c1-2-11(10-4-3-8(5-18-10)14(15,16)17)22-12-9(6-21-22)13(23)20-7-19-12/h3-7,11H,2H2,1H3,(H,19,20,23). The van der Waals surface area contributed by atoms with E-state index in [0.717, 1.165) is 12.3 Å². The molecule has 0 saturated heterocycles. The van der Waals surface area contributed by atoms with Crippen LogP contribution in [0, 0.1) is 0 Å². The molecular formula is C14H12F3N5O. The fourth-order valence-corrected chi connectivity index (χ4v) is 2.38. The molecule has 1 unspecified atom stereocenters. The van der Waals surface area contributed by atoms with Gasteiger partial charge in [0.1, 0.15) is 5.39 Å². The molecule has 9 heteroatoms. The lowest BCUT2D eigenvalue weighted by Crippen LogP contribution is -2.15. The maximum atomic E-state index is 12.6. The molecule has 3 aromatic rings. The molecule has 0 saturated carbocycles. The molecule has 0 aliphatic heterocycles. The van der Waals surface area contributed by atoms with Crippen LogP contribution in [0.4, 0.5) is 13.2 Å². The molecule has 0 bridgehead atoms. The van der Waals surface area contributed by atoms with E-state index in [1.807, 2.05) is 6.92 Å². The first-order valence-corrected chi connectivity index (χ1v) is 6.86. The van der Waals surface area contributed by atoms with Crippen molar-refractivity contribution in [2.75, 3.05) is 0 Å². The van der Waals surface area contributed by atoms with Crippen LogP contribution < -0.4 is 5.56 Å². The molecule has 0 aliphatic carbocycles. The van der Waals surface area contributed by atoms with Crippen molar-refractivity contribution in [1.29, 1.82) is 0 Å². The van der Waals surface area contributed by atoms with Crippen LogP contribution in [0.25, 0.3) is 11.0 Å². The largest absolute Gasteiger partial charge is 0.417 e. The predicted molar refractivity (Wildman–Crippen MR) is 75.8 cm³/mol. The summed E-state index contributed by atoms with van der Waals surface area (Å²) in [7, 11) is 0. The minimum Gasteiger partial charge on any atom is -0.312 e. The number of H-pyrrole nitrogens is 1. The van der Waals surface area contributed by atoms with Gasteiger partial charge in [-0.15, -0.1) is 0 Å². The van der Waals surface area contributed by atoms with Crippen LogP contribution in [0.2, 0.25) is 0 Å². The van der Waals surface area contributed by atoms with Gasteiger partial charge in [0.15, 0.2) is 5.65 Å². The van der Waals surface area contributed by atoms with E-state index in [4.69, 9.17) is 0 Å². The Morgan fingerprint density at radius 1 is 1.26 bits per heavy atom. The minimum absolute atomic E-state index is 0.317. The van der Waals surface area contributed by atoms with Crippen LogP contribution in [-0.2, 0) is 6.18 Å². The summed E-state index contributed by atoms with van der Waals surface area (Å²) in [5.41, 5.74) is -0.345. The van der Waals surface area contributed by atoms with Crippen LogP contribution in [0.1, 0.15) is 30.6 Å². The van der Waals surface area contributed by atoms with E-state index in [1.54, 1.807) is 0 Å². The number of hydrogen-bond donors (Lipinski definition) is 1. The fraction of sp³-hybridized carbons (Fsp3) is 0.286. The Morgan fingerprint density at radius 2 is 2.04 bits per heavy atom. The maximum absolute atomic E-state index is 12.6. The first-order valence-electron chi connectivity index (χ1n) is 6.86. The van der Waals surface area contributed by atoms with Crippen LogP contribution in [0.15, 0.2) is 35.6 Å². The van der Waals surface area contributed by atoms with Crippen LogP contribution in [-0.4, -0.2) is 24.7 Å². The highest BCUT2D eigenvalue weighted by Crippen LogP contribution is 2.30. The Hall–Kier alpha value is -2.71. The number of aromatic amines is 1. The second-order valence-electron chi connectivity index (χ2n) is 4.95. The van der Waals surface area contributed by atoms with Crippen LogP contribution in [0.5, 0.6) is 0 Å². The topological polar surface area (TPSA) is 76.5 Å². The Balaban J connectivity index is 2.05. The zero-order valence-corrected chi connectivity index (χ0v) is 12.0. The molecule has 120 valence electrons. The van der Waals surface area contributed by atoms with E-state index < -0.39 is 17.8 Å². The molecule has 23 heavy (non-hydrogen) atoms. The third-order valence-corrected chi connectivity index (χ3v) is 3.53. The summed E-state index contributed by atoms with van der Waals surface area (Å²) in [6.07, 6.45) is -0.461. The molecular weight excluding hydrogens is 311 g/mol. The molecule has 0 spiro atoms. The first-order chi connectivity index (χ1) is 10.9. The Kier molecular flexibility index (Phi) is 3.63. The van der Waals surface area contributed by atoms with Crippen molar-refractivity contribution < 1.29 is 13.2 Å². The molecule has 1 N–H and O–H groups in total. The zero-order chi connectivity index (χ0) is 16.6. The number of alkyl halides is 3. The van der Waals surface area contributed by atoms with Gasteiger partial charge in [0.05, 0.1) is 29.8 Å². The molecule has 3 aromatic heterocycles. The molecule has 0 aliphatic rings. The normalized spacial score (nSPS) is 13.4. The van der Waals surface area contributed by atoms with E-state index >= 15 is 0 Å². The highest BCUT2D eigenvalue weighted by molar-refractivity contribution is 5.72. The smallest absolute Gasteiger partial charge is 0.312 e. The molecule has 0 radical (unpaired) electrons. The van der Waals surface area contributed by atoms with Gasteiger partial charge in [-0.05, 0) is 18.6 Å². The second-order valence-corrected chi connectivity index (χ2v) is 4.95. The Labute approximate surface area is 128 Å². The lowest BCUT2D eigenvalue weighted by atomic mass is 10.1. The third kappa shape index (κ3) is 2.69. The van der Waals surface area contributed by atoms with Gasteiger partial charge in [-0.2, -0.15) is 18.3 Å². The lowest BCUT2D eigenvalue weighted by molar-refractivity contribution is -0.137. The number of halogens is 3. The summed E-state index contributed by atoms with van der Waals surface area (Å²) in [5, 5.41) is 4.46. The molecule has 6 nitrogen and oxygen atoms in total. The maximum Gasteiger partial charge on any atom is 0.417 e. The number of nitrogens with zero attached hydrogens (tertiary/aromatic N) is 4. The van der Waals surface area contributed by atoms with Crippen molar-refractivity contribution in [3.8, 4) is 0 Å². The zero-order valence-electron chi connectivity index (χ0n) is 12.0. The SMILES string of the molecule is CCC(c1ccc(C(F)(F)F)cn1)n1ncc2c(=O)[nH]cnc21. The molecule has 3 rings (SSSR count). The van der Waals surface area contributed by atoms with E-state index in [-0.39, 0.29) is 5.56 Å². The number of rotatable bonds is 3. The summed E-state index contributed by atoms with van der Waals surface area (Å²) in [6.45, 7) is 1.85. The van der Waals surface area contributed by atoms with E-state index in [0.29, 0.717) is 23.1 Å². The third-order valence-electron chi connectivity index (χ3n) is 3.53. The highest BCUT2D eigenvalue weighted by Gasteiger charge is 2.31. The van der Waals surface area contributed by atoms with E-state index in [2.05, 4.69) is 20.1 Å².